The molecular weight excluding hydrogens is 306 g/mol. The first-order valence-corrected chi connectivity index (χ1v) is 8.46. The first-order valence-electron chi connectivity index (χ1n) is 8.46. The van der Waals surface area contributed by atoms with Crippen molar-refractivity contribution in [3.05, 3.63) is 36.2 Å². The lowest BCUT2D eigenvalue weighted by Crippen LogP contribution is -2.27. The Kier molecular flexibility index (Phi) is 5.59. The second-order valence-corrected chi connectivity index (χ2v) is 5.80. The largest absolute Gasteiger partial charge is 0.496 e. The molecule has 0 unspecified atom stereocenters. The van der Waals surface area contributed by atoms with Crippen molar-refractivity contribution >= 4 is 0 Å². The topological polar surface area (TPSA) is 48.8 Å². The summed E-state index contributed by atoms with van der Waals surface area (Å²) in [6, 6.07) is 5.94. The predicted octanol–water partition coefficient (Wildman–Crippen LogP) is 2.58. The first-order chi connectivity index (χ1) is 11.8. The highest BCUT2D eigenvalue weighted by Gasteiger charge is 2.17. The highest BCUT2D eigenvalue weighted by atomic mass is 16.5. The Balaban J connectivity index is 1.73. The fourth-order valence-electron chi connectivity index (χ4n) is 2.81. The Bertz CT molecular complexity index is 643. The van der Waals surface area contributed by atoms with Gasteiger partial charge in [-0.25, -0.2) is 0 Å². The van der Waals surface area contributed by atoms with Gasteiger partial charge in [0.1, 0.15) is 5.75 Å². The van der Waals surface area contributed by atoms with Gasteiger partial charge in [-0.2, -0.15) is 5.10 Å². The standard InChI is InChI=1S/C18H25N3O3/c1-3-20(8-9-21-7-4-6-19-21)14-15-12-17-18(13-16(15)22-2)24-11-5-10-23-17/h4,6-7,12-13H,3,5,8-11,14H2,1-2H3. The maximum Gasteiger partial charge on any atom is 0.164 e. The fourth-order valence-corrected chi connectivity index (χ4v) is 2.81. The molecule has 0 fully saturated rings. The van der Waals surface area contributed by atoms with Crippen LogP contribution >= 0.6 is 0 Å². The monoisotopic (exact) mass is 331 g/mol. The number of methoxy groups -OCH3 is 1. The van der Waals surface area contributed by atoms with Crippen LogP contribution in [-0.2, 0) is 13.1 Å². The molecule has 6 heteroatoms. The number of likely N-dealkylation sites (N-methyl/N-ethyl adjacent to an activating group) is 1. The molecule has 1 aliphatic heterocycles. The van der Waals surface area contributed by atoms with Crippen LogP contribution in [0.15, 0.2) is 30.6 Å². The number of hydrogen-bond donors (Lipinski definition) is 0. The Morgan fingerprint density at radius 3 is 2.71 bits per heavy atom. The summed E-state index contributed by atoms with van der Waals surface area (Å²) in [5.74, 6) is 2.43. The van der Waals surface area contributed by atoms with Crippen molar-refractivity contribution in [1.29, 1.82) is 0 Å². The lowest BCUT2D eigenvalue weighted by molar-refractivity contribution is 0.258. The van der Waals surface area contributed by atoms with Gasteiger partial charge < -0.3 is 14.2 Å². The molecular formula is C18H25N3O3. The molecule has 130 valence electrons. The van der Waals surface area contributed by atoms with Crippen LogP contribution < -0.4 is 14.2 Å². The van der Waals surface area contributed by atoms with Crippen LogP contribution in [0.3, 0.4) is 0 Å². The predicted molar refractivity (Wildman–Crippen MR) is 91.8 cm³/mol. The van der Waals surface area contributed by atoms with Crippen molar-refractivity contribution in [2.24, 2.45) is 0 Å². The van der Waals surface area contributed by atoms with Crippen molar-refractivity contribution in [3.63, 3.8) is 0 Å². The van der Waals surface area contributed by atoms with Gasteiger partial charge in [-0.3, -0.25) is 9.58 Å². The van der Waals surface area contributed by atoms with E-state index in [9.17, 15) is 0 Å². The quantitative estimate of drug-likeness (QED) is 0.780. The average molecular weight is 331 g/mol. The fraction of sp³-hybridized carbons (Fsp3) is 0.500. The van der Waals surface area contributed by atoms with Crippen molar-refractivity contribution in [2.75, 3.05) is 33.4 Å². The van der Waals surface area contributed by atoms with Crippen molar-refractivity contribution in [2.45, 2.75) is 26.4 Å². The van der Waals surface area contributed by atoms with Crippen LogP contribution in [0.5, 0.6) is 17.2 Å². The third-order valence-electron chi connectivity index (χ3n) is 4.20. The van der Waals surface area contributed by atoms with Crippen LogP contribution in [0.2, 0.25) is 0 Å². The van der Waals surface area contributed by atoms with Gasteiger partial charge in [-0.05, 0) is 18.7 Å². The van der Waals surface area contributed by atoms with E-state index in [0.29, 0.717) is 13.2 Å². The van der Waals surface area contributed by atoms with Gasteiger partial charge in [0.2, 0.25) is 0 Å². The number of rotatable bonds is 7. The summed E-state index contributed by atoms with van der Waals surface area (Å²) >= 11 is 0. The Labute approximate surface area is 142 Å². The SMILES string of the molecule is CCN(CCn1cccn1)Cc1cc2c(cc1OC)OCCCO2. The zero-order valence-corrected chi connectivity index (χ0v) is 14.4. The van der Waals surface area contributed by atoms with E-state index in [4.69, 9.17) is 14.2 Å². The molecule has 2 aromatic rings. The van der Waals surface area contributed by atoms with E-state index >= 15 is 0 Å². The molecule has 6 nitrogen and oxygen atoms in total. The summed E-state index contributed by atoms with van der Waals surface area (Å²) in [5.41, 5.74) is 1.11. The molecule has 0 radical (unpaired) electrons. The van der Waals surface area contributed by atoms with Gasteiger partial charge in [0, 0.05) is 43.5 Å². The van der Waals surface area contributed by atoms with Crippen LogP contribution in [0.25, 0.3) is 0 Å². The summed E-state index contributed by atoms with van der Waals surface area (Å²) in [7, 11) is 1.70. The highest BCUT2D eigenvalue weighted by molar-refractivity contribution is 5.51. The van der Waals surface area contributed by atoms with Gasteiger partial charge in [-0.1, -0.05) is 6.92 Å². The normalized spacial score (nSPS) is 13.8. The molecule has 0 N–H and O–H groups in total. The van der Waals surface area contributed by atoms with E-state index < -0.39 is 0 Å². The van der Waals surface area contributed by atoms with E-state index in [1.165, 1.54) is 0 Å². The van der Waals surface area contributed by atoms with Gasteiger partial charge in [0.05, 0.1) is 26.9 Å². The summed E-state index contributed by atoms with van der Waals surface area (Å²) in [6.45, 7) is 7.09. The van der Waals surface area contributed by atoms with E-state index in [0.717, 1.165) is 55.4 Å². The van der Waals surface area contributed by atoms with E-state index in [2.05, 4.69) is 23.0 Å². The van der Waals surface area contributed by atoms with Crippen LogP contribution in [0, 0.1) is 0 Å². The Hall–Kier alpha value is -2.21. The second kappa shape index (κ2) is 8.06. The summed E-state index contributed by atoms with van der Waals surface area (Å²) in [6.07, 6.45) is 4.70. The lowest BCUT2D eigenvalue weighted by Gasteiger charge is -2.22. The maximum absolute atomic E-state index is 5.81. The van der Waals surface area contributed by atoms with E-state index in [-0.39, 0.29) is 0 Å². The zero-order chi connectivity index (χ0) is 16.8. The molecule has 0 bridgehead atoms. The number of aromatic nitrogens is 2. The summed E-state index contributed by atoms with van der Waals surface area (Å²) in [4.78, 5) is 2.36. The van der Waals surface area contributed by atoms with E-state index in [1.807, 2.05) is 29.2 Å². The minimum atomic E-state index is 0.681. The van der Waals surface area contributed by atoms with E-state index in [1.54, 1.807) is 7.11 Å². The third kappa shape index (κ3) is 4.00. The second-order valence-electron chi connectivity index (χ2n) is 5.80. The molecule has 0 atom stereocenters. The number of nitrogens with zero attached hydrogens (tertiary/aromatic N) is 3. The minimum absolute atomic E-state index is 0.681. The molecule has 0 saturated carbocycles. The highest BCUT2D eigenvalue weighted by Crippen LogP contribution is 2.36. The molecule has 1 aromatic carbocycles. The third-order valence-corrected chi connectivity index (χ3v) is 4.20. The number of hydrogen-bond acceptors (Lipinski definition) is 5. The Morgan fingerprint density at radius 1 is 1.25 bits per heavy atom. The van der Waals surface area contributed by atoms with Crippen molar-refractivity contribution < 1.29 is 14.2 Å². The molecule has 1 aliphatic rings. The molecule has 0 spiro atoms. The summed E-state index contributed by atoms with van der Waals surface area (Å²) in [5, 5.41) is 4.26. The smallest absolute Gasteiger partial charge is 0.164 e. The Morgan fingerprint density at radius 2 is 2.04 bits per heavy atom. The molecule has 1 aromatic heterocycles. The number of fused-ring (bicyclic) bond motifs is 1. The molecule has 2 heterocycles. The maximum atomic E-state index is 5.81. The van der Waals surface area contributed by atoms with Gasteiger partial charge in [0.15, 0.2) is 11.5 Å². The molecule has 3 rings (SSSR count). The zero-order valence-electron chi connectivity index (χ0n) is 14.4. The van der Waals surface area contributed by atoms with Crippen LogP contribution in [0.4, 0.5) is 0 Å². The van der Waals surface area contributed by atoms with Gasteiger partial charge in [-0.15, -0.1) is 0 Å². The first kappa shape index (κ1) is 16.6. The molecule has 0 saturated heterocycles. The molecule has 0 amide bonds. The van der Waals surface area contributed by atoms with Crippen molar-refractivity contribution in [1.82, 2.24) is 14.7 Å². The van der Waals surface area contributed by atoms with Crippen LogP contribution in [0.1, 0.15) is 18.9 Å². The lowest BCUT2D eigenvalue weighted by atomic mass is 10.1. The number of benzene rings is 1. The molecule has 0 aliphatic carbocycles. The van der Waals surface area contributed by atoms with Crippen molar-refractivity contribution in [3.8, 4) is 17.2 Å². The average Bonchev–Trinajstić information content (AvgIpc) is 3.02. The van der Waals surface area contributed by atoms with Gasteiger partial charge in [0.25, 0.3) is 0 Å². The minimum Gasteiger partial charge on any atom is -0.496 e. The van der Waals surface area contributed by atoms with Crippen LogP contribution in [-0.4, -0.2) is 48.1 Å². The van der Waals surface area contributed by atoms with Gasteiger partial charge >= 0.3 is 0 Å². The molecule has 24 heavy (non-hydrogen) atoms. The number of ether oxygens (including phenoxy) is 3. The summed E-state index contributed by atoms with van der Waals surface area (Å²) < 4.78 is 19.1.